The smallest absolute Gasteiger partial charge is 0.251 e. The van der Waals surface area contributed by atoms with E-state index < -0.39 is 28.7 Å². The van der Waals surface area contributed by atoms with Crippen LogP contribution in [0.1, 0.15) is 44.2 Å². The van der Waals surface area contributed by atoms with Crippen LogP contribution in [0.15, 0.2) is 43.5 Å². The van der Waals surface area contributed by atoms with Crippen molar-refractivity contribution < 1.29 is 19.5 Å². The van der Waals surface area contributed by atoms with Gasteiger partial charge in [-0.15, -0.1) is 24.9 Å². The number of aliphatic hydroxyl groups excluding tert-OH is 1. The summed E-state index contributed by atoms with van der Waals surface area (Å²) in [6.07, 6.45) is 5.44. The third kappa shape index (κ3) is 4.95. The zero-order valence-corrected chi connectivity index (χ0v) is 24.7. The van der Waals surface area contributed by atoms with E-state index in [4.69, 9.17) is 0 Å². The fourth-order valence-corrected chi connectivity index (χ4v) is 9.19. The molecule has 3 saturated heterocycles. The largest absolute Gasteiger partial charge is 0.394 e. The first-order chi connectivity index (χ1) is 18.5. The van der Waals surface area contributed by atoms with Crippen molar-refractivity contribution in [2.24, 2.45) is 17.8 Å². The van der Waals surface area contributed by atoms with Crippen molar-refractivity contribution in [2.75, 3.05) is 31.6 Å². The van der Waals surface area contributed by atoms with Crippen LogP contribution in [0.25, 0.3) is 0 Å². The molecule has 4 rings (SSSR count). The first-order valence-electron chi connectivity index (χ1n) is 14.0. The second-order valence-corrected chi connectivity index (χ2v) is 13.4. The van der Waals surface area contributed by atoms with Crippen LogP contribution in [-0.4, -0.2) is 81.5 Å². The molecule has 212 valence electrons. The van der Waals surface area contributed by atoms with Gasteiger partial charge in [0, 0.05) is 31.1 Å². The molecular formula is C31H43N3O4S. The van der Waals surface area contributed by atoms with Gasteiger partial charge in [0.1, 0.15) is 6.04 Å². The molecule has 2 bridgehead atoms. The molecule has 0 radical (unpaired) electrons. The SMILES string of the molecule is C=CCN(C)C(=O)[C@@H]1[C@@H]2CCC3(S2)C(C(=O)N(CC=C)c2cc(C)ccc2C)N([C@@H](CO)CC(C)C)C(=O)[C@H]13. The number of likely N-dealkylation sites (N-methyl/N-ethyl adjacent to an activating group) is 1. The van der Waals surface area contributed by atoms with E-state index >= 15 is 0 Å². The van der Waals surface area contributed by atoms with Crippen molar-refractivity contribution >= 4 is 35.2 Å². The van der Waals surface area contributed by atoms with Gasteiger partial charge in [0.05, 0.1) is 29.2 Å². The van der Waals surface area contributed by atoms with E-state index in [1.165, 1.54) is 0 Å². The van der Waals surface area contributed by atoms with Crippen LogP contribution < -0.4 is 4.90 Å². The van der Waals surface area contributed by atoms with Crippen molar-refractivity contribution in [1.82, 2.24) is 9.80 Å². The molecule has 7 nitrogen and oxygen atoms in total. The molecule has 1 spiro atoms. The maximum absolute atomic E-state index is 14.8. The number of amides is 3. The number of thioether (sulfide) groups is 1. The highest BCUT2D eigenvalue weighted by molar-refractivity contribution is 8.02. The Bertz CT molecular complexity index is 1150. The van der Waals surface area contributed by atoms with Gasteiger partial charge >= 0.3 is 0 Å². The molecule has 3 amide bonds. The molecule has 3 aliphatic rings. The first-order valence-corrected chi connectivity index (χ1v) is 14.9. The minimum absolute atomic E-state index is 0.0117. The van der Waals surface area contributed by atoms with Gasteiger partial charge in [-0.05, 0) is 56.2 Å². The van der Waals surface area contributed by atoms with Crippen LogP contribution >= 0.6 is 11.8 Å². The summed E-state index contributed by atoms with van der Waals surface area (Å²) in [6, 6.07) is 4.74. The minimum Gasteiger partial charge on any atom is -0.394 e. The lowest BCUT2D eigenvalue weighted by molar-refractivity contribution is -0.145. The highest BCUT2D eigenvalue weighted by atomic mass is 32.2. The van der Waals surface area contributed by atoms with Gasteiger partial charge in [-0.25, -0.2) is 0 Å². The lowest BCUT2D eigenvalue weighted by Crippen LogP contribution is -2.58. The van der Waals surface area contributed by atoms with Gasteiger partial charge in [0.25, 0.3) is 5.91 Å². The molecule has 1 aromatic carbocycles. The minimum atomic E-state index is -0.775. The van der Waals surface area contributed by atoms with E-state index in [2.05, 4.69) is 27.0 Å². The molecule has 3 aliphatic heterocycles. The van der Waals surface area contributed by atoms with E-state index in [-0.39, 0.29) is 35.5 Å². The third-order valence-electron chi connectivity index (χ3n) is 8.62. The number of benzene rings is 1. The molecule has 1 N–H and O–H groups in total. The van der Waals surface area contributed by atoms with Crippen molar-refractivity contribution in [2.45, 2.75) is 69.0 Å². The van der Waals surface area contributed by atoms with Crippen LogP contribution in [0.4, 0.5) is 5.69 Å². The Morgan fingerprint density at radius 2 is 1.90 bits per heavy atom. The number of anilines is 1. The Morgan fingerprint density at radius 3 is 2.51 bits per heavy atom. The standard InChI is InChI=1S/C31H43N3O4S/c1-8-14-32(7)28(36)25-24-12-13-31(39-24)26(25)29(37)34(22(18-35)16-19(3)4)27(31)30(38)33(15-9-2)23-17-20(5)10-11-21(23)6/h8-11,17,19,22,24-27,35H,1-2,12-16,18H2,3-7H3/t22-,24+,25-,26+,27?,31?/m1/s1. The normalized spacial score (nSPS) is 28.0. The lowest BCUT2D eigenvalue weighted by atomic mass is 9.70. The number of hydrogen-bond donors (Lipinski definition) is 1. The van der Waals surface area contributed by atoms with Crippen LogP contribution in [0.5, 0.6) is 0 Å². The monoisotopic (exact) mass is 553 g/mol. The second-order valence-electron chi connectivity index (χ2n) is 11.8. The van der Waals surface area contributed by atoms with Crippen molar-refractivity contribution in [3.63, 3.8) is 0 Å². The average molecular weight is 554 g/mol. The molecule has 0 aliphatic carbocycles. The van der Waals surface area contributed by atoms with Crippen LogP contribution in [0.2, 0.25) is 0 Å². The molecular weight excluding hydrogens is 510 g/mol. The summed E-state index contributed by atoms with van der Waals surface area (Å²) in [5, 5.41) is 10.5. The van der Waals surface area contributed by atoms with E-state index in [1.807, 2.05) is 32.0 Å². The van der Waals surface area contributed by atoms with E-state index in [1.54, 1.807) is 45.7 Å². The summed E-state index contributed by atoms with van der Waals surface area (Å²) < 4.78 is -0.713. The van der Waals surface area contributed by atoms with Crippen molar-refractivity contribution in [3.8, 4) is 0 Å². The summed E-state index contributed by atoms with van der Waals surface area (Å²) in [4.78, 5) is 47.9. The number of aliphatic hydroxyl groups is 1. The molecule has 0 aromatic heterocycles. The molecule has 6 atom stereocenters. The Morgan fingerprint density at radius 1 is 1.21 bits per heavy atom. The number of rotatable bonds is 11. The Balaban J connectivity index is 1.85. The Labute approximate surface area is 237 Å². The molecule has 1 aromatic rings. The summed E-state index contributed by atoms with van der Waals surface area (Å²) in [7, 11) is 1.74. The fraction of sp³-hybridized carbons (Fsp3) is 0.581. The van der Waals surface area contributed by atoms with Crippen LogP contribution in [0.3, 0.4) is 0 Å². The quantitative estimate of drug-likeness (QED) is 0.420. The summed E-state index contributed by atoms with van der Waals surface area (Å²) in [5.74, 6) is -1.28. The molecule has 0 saturated carbocycles. The maximum Gasteiger partial charge on any atom is 0.251 e. The van der Waals surface area contributed by atoms with E-state index in [9.17, 15) is 19.5 Å². The van der Waals surface area contributed by atoms with E-state index in [0.717, 1.165) is 23.2 Å². The zero-order chi connectivity index (χ0) is 28.6. The van der Waals surface area contributed by atoms with Gasteiger partial charge in [-0.2, -0.15) is 0 Å². The number of likely N-dealkylation sites (tertiary alicyclic amines) is 1. The van der Waals surface area contributed by atoms with Gasteiger partial charge in [0.15, 0.2) is 0 Å². The van der Waals surface area contributed by atoms with Crippen LogP contribution in [0, 0.1) is 31.6 Å². The summed E-state index contributed by atoms with van der Waals surface area (Å²) >= 11 is 1.66. The molecule has 39 heavy (non-hydrogen) atoms. The van der Waals surface area contributed by atoms with Gasteiger partial charge in [-0.3, -0.25) is 14.4 Å². The number of carbonyl (C=O) groups is 3. The number of nitrogens with zero attached hydrogens (tertiary/aromatic N) is 3. The van der Waals surface area contributed by atoms with Gasteiger partial charge in [0.2, 0.25) is 11.8 Å². The fourth-order valence-electron chi connectivity index (χ4n) is 7.00. The number of hydrogen-bond acceptors (Lipinski definition) is 5. The topological polar surface area (TPSA) is 81.2 Å². The highest BCUT2D eigenvalue weighted by Gasteiger charge is 2.74. The van der Waals surface area contributed by atoms with Crippen molar-refractivity contribution in [3.05, 3.63) is 54.6 Å². The molecule has 3 fully saturated rings. The molecule has 3 heterocycles. The Kier molecular flexibility index (Phi) is 8.67. The lowest BCUT2D eigenvalue weighted by Gasteiger charge is -2.40. The number of aryl methyl sites for hydroxylation is 2. The van der Waals surface area contributed by atoms with Gasteiger partial charge < -0.3 is 19.8 Å². The highest BCUT2D eigenvalue weighted by Crippen LogP contribution is 2.67. The maximum atomic E-state index is 14.8. The zero-order valence-electron chi connectivity index (χ0n) is 23.9. The number of carbonyl (C=O) groups excluding carboxylic acids is 3. The van der Waals surface area contributed by atoms with E-state index in [0.29, 0.717) is 25.9 Å². The average Bonchev–Trinajstić information content (AvgIpc) is 3.54. The van der Waals surface area contributed by atoms with Crippen LogP contribution in [-0.2, 0) is 14.4 Å². The molecule has 8 heteroatoms. The summed E-state index contributed by atoms with van der Waals surface area (Å²) in [6.45, 7) is 16.2. The Hall–Kier alpha value is -2.58. The number of fused-ring (bicyclic) bond motifs is 1. The predicted octanol–water partition coefficient (Wildman–Crippen LogP) is 3.97. The molecule has 2 unspecified atom stereocenters. The van der Waals surface area contributed by atoms with Gasteiger partial charge in [-0.1, -0.05) is 38.1 Å². The van der Waals surface area contributed by atoms with Crippen molar-refractivity contribution in [1.29, 1.82) is 0 Å². The third-order valence-corrected chi connectivity index (χ3v) is 10.6. The first kappa shape index (κ1) is 29.4. The predicted molar refractivity (Wildman–Crippen MR) is 158 cm³/mol. The second kappa shape index (κ2) is 11.5. The summed E-state index contributed by atoms with van der Waals surface area (Å²) in [5.41, 5.74) is 2.80.